The lowest BCUT2D eigenvalue weighted by atomic mass is 10.0. The first kappa shape index (κ1) is 23.6. The molecule has 33 heavy (non-hydrogen) atoms. The average Bonchev–Trinajstić information content (AvgIpc) is 3.17. The fourth-order valence-corrected chi connectivity index (χ4v) is 4.81. The van der Waals surface area contributed by atoms with Crippen molar-refractivity contribution in [1.29, 1.82) is 0 Å². The van der Waals surface area contributed by atoms with Crippen molar-refractivity contribution in [1.82, 2.24) is 19.3 Å². The summed E-state index contributed by atoms with van der Waals surface area (Å²) in [5.41, 5.74) is 3.33. The van der Waals surface area contributed by atoms with Crippen molar-refractivity contribution < 1.29 is 8.42 Å². The summed E-state index contributed by atoms with van der Waals surface area (Å²) in [6.45, 7) is 0.979. The molecule has 0 amide bonds. The van der Waals surface area contributed by atoms with Crippen LogP contribution >= 0.6 is 23.2 Å². The summed E-state index contributed by atoms with van der Waals surface area (Å²) in [7, 11) is -1.59. The summed E-state index contributed by atoms with van der Waals surface area (Å²) >= 11 is 12.2. The summed E-state index contributed by atoms with van der Waals surface area (Å²) in [6.07, 6.45) is 3.20. The van der Waals surface area contributed by atoms with E-state index in [9.17, 15) is 8.42 Å². The van der Waals surface area contributed by atoms with Gasteiger partial charge < -0.3 is 5.32 Å². The molecule has 0 fully saturated rings. The van der Waals surface area contributed by atoms with E-state index < -0.39 is 10.0 Å². The maximum absolute atomic E-state index is 12.3. The van der Waals surface area contributed by atoms with Crippen molar-refractivity contribution in [3.05, 3.63) is 70.8 Å². The third-order valence-electron chi connectivity index (χ3n) is 5.12. The van der Waals surface area contributed by atoms with Gasteiger partial charge in [-0.25, -0.2) is 18.1 Å². The monoisotopic (exact) mass is 501 g/mol. The summed E-state index contributed by atoms with van der Waals surface area (Å²) in [5.74, 6) is 0.796. The van der Waals surface area contributed by atoms with Crippen LogP contribution in [0.25, 0.3) is 16.9 Å². The van der Waals surface area contributed by atoms with Gasteiger partial charge in [0.2, 0.25) is 10.0 Å². The Morgan fingerprint density at radius 3 is 2.48 bits per heavy atom. The number of unbranched alkanes of at least 4 members (excludes halogenated alkanes) is 1. The second-order valence-corrected chi connectivity index (χ2v) is 10.2. The molecule has 2 aromatic heterocycles. The van der Waals surface area contributed by atoms with Gasteiger partial charge in [0.05, 0.1) is 10.6 Å². The summed E-state index contributed by atoms with van der Waals surface area (Å²) in [5, 5.41) is 8.94. The molecule has 0 aliphatic heterocycles. The minimum Gasteiger partial charge on any atom is -0.370 e. The average molecular weight is 502 g/mol. The van der Waals surface area contributed by atoms with E-state index in [-0.39, 0.29) is 4.90 Å². The smallest absolute Gasteiger partial charge is 0.240 e. The Labute approximate surface area is 203 Å². The zero-order valence-electron chi connectivity index (χ0n) is 17.9. The van der Waals surface area contributed by atoms with Crippen molar-refractivity contribution in [2.24, 2.45) is 0 Å². The highest BCUT2D eigenvalue weighted by atomic mass is 35.5. The van der Waals surface area contributed by atoms with Gasteiger partial charge in [-0.15, -0.1) is 0 Å². The summed E-state index contributed by atoms with van der Waals surface area (Å²) in [4.78, 5) is 4.94. The van der Waals surface area contributed by atoms with Gasteiger partial charge in [0.15, 0.2) is 5.65 Å². The lowest BCUT2D eigenvalue weighted by molar-refractivity contribution is 0.577. The second kappa shape index (κ2) is 10.1. The molecule has 2 heterocycles. The van der Waals surface area contributed by atoms with E-state index >= 15 is 0 Å². The molecule has 0 unspecified atom stereocenters. The predicted octanol–water partition coefficient (Wildman–Crippen LogP) is 3.13. The van der Waals surface area contributed by atoms with E-state index in [1.165, 1.54) is 12.1 Å². The number of hydrogen-bond acceptors (Lipinski definition) is 5. The van der Waals surface area contributed by atoms with E-state index in [1.54, 1.807) is 22.8 Å². The van der Waals surface area contributed by atoms with Crippen LogP contribution in [0.15, 0.2) is 65.7 Å². The topological polar surface area (TPSA) is 88.4 Å². The van der Waals surface area contributed by atoms with Gasteiger partial charge in [0, 0.05) is 41.0 Å². The maximum atomic E-state index is 12.3. The SMILES string of the molecule is Bc1cnn2c(NCCCCNS(=O)(=O)c3ccc(Cl)cc3)cc(-c3ccccc3Cl)nc12. The number of nitrogens with zero attached hydrogens (tertiary/aromatic N) is 3. The molecule has 170 valence electrons. The highest BCUT2D eigenvalue weighted by Gasteiger charge is 2.14. The van der Waals surface area contributed by atoms with Crippen molar-refractivity contribution in [3.8, 4) is 11.3 Å². The lowest BCUT2D eigenvalue weighted by Gasteiger charge is -2.12. The number of anilines is 1. The van der Waals surface area contributed by atoms with Crippen LogP contribution < -0.4 is 15.5 Å². The Bertz CT molecular complexity index is 1380. The number of aromatic nitrogens is 3. The highest BCUT2D eigenvalue weighted by Crippen LogP contribution is 2.28. The van der Waals surface area contributed by atoms with Crippen LogP contribution in [-0.4, -0.2) is 44.0 Å². The van der Waals surface area contributed by atoms with Crippen LogP contribution in [0.5, 0.6) is 0 Å². The number of halogens is 2. The van der Waals surface area contributed by atoms with Gasteiger partial charge in [-0.2, -0.15) is 9.61 Å². The molecule has 0 aliphatic carbocycles. The molecule has 0 aliphatic rings. The van der Waals surface area contributed by atoms with Crippen molar-refractivity contribution in [2.75, 3.05) is 18.4 Å². The minimum atomic E-state index is -3.55. The van der Waals surface area contributed by atoms with E-state index in [0.29, 0.717) is 29.6 Å². The first-order valence-corrected chi connectivity index (χ1v) is 12.7. The number of benzene rings is 2. The third kappa shape index (κ3) is 5.50. The van der Waals surface area contributed by atoms with E-state index in [1.807, 2.05) is 38.2 Å². The molecule has 7 nitrogen and oxygen atoms in total. The standard InChI is InChI=1S/C22H22BCl2N5O2S/c23-18-14-27-30-21(13-20(29-22(18)30)17-5-1-2-6-19(17)25)26-11-3-4-12-28-33(31,32)16-9-7-15(24)8-10-16/h1-2,5-10,13-14,26,28H,3-4,11-12,23H2. The van der Waals surface area contributed by atoms with Crippen molar-refractivity contribution in [3.63, 3.8) is 0 Å². The van der Waals surface area contributed by atoms with Gasteiger partial charge in [0.25, 0.3) is 0 Å². The maximum Gasteiger partial charge on any atom is 0.240 e. The number of sulfonamides is 1. The van der Waals surface area contributed by atoms with Gasteiger partial charge in [-0.3, -0.25) is 0 Å². The highest BCUT2D eigenvalue weighted by molar-refractivity contribution is 7.89. The Morgan fingerprint density at radius 1 is 1.00 bits per heavy atom. The van der Waals surface area contributed by atoms with Crippen LogP contribution in [0.4, 0.5) is 5.82 Å². The Morgan fingerprint density at radius 2 is 1.73 bits per heavy atom. The molecule has 0 spiro atoms. The van der Waals surface area contributed by atoms with Crippen LogP contribution in [-0.2, 0) is 10.0 Å². The Balaban J connectivity index is 1.38. The van der Waals surface area contributed by atoms with Gasteiger partial charge in [-0.1, -0.05) is 41.4 Å². The predicted molar refractivity (Wildman–Crippen MR) is 136 cm³/mol. The van der Waals surface area contributed by atoms with Crippen LogP contribution in [0.1, 0.15) is 12.8 Å². The summed E-state index contributed by atoms with van der Waals surface area (Å²) < 4.78 is 29.1. The van der Waals surface area contributed by atoms with Gasteiger partial charge in [-0.05, 0) is 48.6 Å². The third-order valence-corrected chi connectivity index (χ3v) is 7.18. The fraction of sp³-hybridized carbons (Fsp3) is 0.182. The van der Waals surface area contributed by atoms with Gasteiger partial charge >= 0.3 is 0 Å². The largest absolute Gasteiger partial charge is 0.370 e. The molecule has 2 N–H and O–H groups in total. The minimum absolute atomic E-state index is 0.199. The number of fused-ring (bicyclic) bond motifs is 1. The zero-order valence-corrected chi connectivity index (χ0v) is 20.3. The molecule has 2 aromatic carbocycles. The van der Waals surface area contributed by atoms with Crippen LogP contribution in [0.2, 0.25) is 10.0 Å². The van der Waals surface area contributed by atoms with Crippen molar-refractivity contribution >= 4 is 58.0 Å². The molecule has 0 bridgehead atoms. The fourth-order valence-electron chi connectivity index (χ4n) is 3.38. The second-order valence-electron chi connectivity index (χ2n) is 7.56. The molecule has 4 aromatic rings. The van der Waals surface area contributed by atoms with Crippen LogP contribution in [0, 0.1) is 0 Å². The molecule has 0 saturated heterocycles. The summed E-state index contributed by atoms with van der Waals surface area (Å²) in [6, 6.07) is 15.6. The molecule has 0 saturated carbocycles. The molecule has 0 atom stereocenters. The van der Waals surface area contributed by atoms with E-state index in [2.05, 4.69) is 15.1 Å². The number of nitrogens with one attached hydrogen (secondary N) is 2. The van der Waals surface area contributed by atoms with E-state index in [4.69, 9.17) is 28.2 Å². The normalized spacial score (nSPS) is 11.7. The molecule has 0 radical (unpaired) electrons. The zero-order chi connectivity index (χ0) is 23.4. The Kier molecular flexibility index (Phi) is 7.24. The van der Waals surface area contributed by atoms with Crippen LogP contribution in [0.3, 0.4) is 0 Å². The number of hydrogen-bond donors (Lipinski definition) is 2. The first-order valence-electron chi connectivity index (χ1n) is 10.4. The van der Waals surface area contributed by atoms with Crippen molar-refractivity contribution in [2.45, 2.75) is 17.7 Å². The Hall–Kier alpha value is -2.59. The number of rotatable bonds is 9. The molecular weight excluding hydrogens is 480 g/mol. The quantitative estimate of drug-likeness (QED) is 0.271. The molecule has 11 heteroatoms. The van der Waals surface area contributed by atoms with E-state index in [0.717, 1.165) is 34.6 Å². The molecular formula is C22H22BCl2N5O2S. The first-order chi connectivity index (χ1) is 15.8. The molecule has 4 rings (SSSR count). The lowest BCUT2D eigenvalue weighted by Crippen LogP contribution is -2.25. The van der Waals surface area contributed by atoms with Gasteiger partial charge in [0.1, 0.15) is 13.7 Å².